The Balaban J connectivity index is 1.69. The van der Waals surface area contributed by atoms with Gasteiger partial charge in [-0.15, -0.1) is 0 Å². The van der Waals surface area contributed by atoms with Crippen molar-refractivity contribution < 1.29 is 18.0 Å². The third-order valence-electron chi connectivity index (χ3n) is 5.40. The van der Waals surface area contributed by atoms with Gasteiger partial charge >= 0.3 is 0 Å². The van der Waals surface area contributed by atoms with Crippen molar-refractivity contribution in [3.8, 4) is 0 Å². The third-order valence-corrected chi connectivity index (χ3v) is 7.24. The van der Waals surface area contributed by atoms with Crippen molar-refractivity contribution >= 4 is 27.5 Å². The smallest absolute Gasteiger partial charge is 0.267 e. The van der Waals surface area contributed by atoms with Gasteiger partial charge in [0.2, 0.25) is 5.91 Å². The molecule has 2 heterocycles. The average Bonchev–Trinajstić information content (AvgIpc) is 3.09. The van der Waals surface area contributed by atoms with Crippen LogP contribution < -0.4 is 4.90 Å². The molecule has 146 valence electrons. The zero-order valence-electron chi connectivity index (χ0n) is 15.7. The summed E-state index contributed by atoms with van der Waals surface area (Å²) in [7, 11) is -4.08. The van der Waals surface area contributed by atoms with Crippen LogP contribution in [-0.4, -0.2) is 37.1 Å². The highest BCUT2D eigenvalue weighted by atomic mass is 32.2. The van der Waals surface area contributed by atoms with Gasteiger partial charge in [0, 0.05) is 18.7 Å². The molecule has 0 bridgehead atoms. The third kappa shape index (κ3) is 3.09. The Morgan fingerprint density at radius 3 is 2.50 bits per heavy atom. The molecule has 7 heteroatoms. The van der Waals surface area contributed by atoms with Gasteiger partial charge in [-0.1, -0.05) is 35.9 Å². The molecular weight excluding hydrogens is 376 g/mol. The Morgan fingerprint density at radius 2 is 1.75 bits per heavy atom. The number of anilines is 1. The average molecular weight is 398 g/mol. The Bertz CT molecular complexity index is 1030. The first-order valence-corrected chi connectivity index (χ1v) is 10.9. The molecule has 1 fully saturated rings. The number of aryl methyl sites for hydroxylation is 2. The Labute approximate surface area is 164 Å². The van der Waals surface area contributed by atoms with Crippen LogP contribution in [0.25, 0.3) is 0 Å². The number of rotatable bonds is 3. The van der Waals surface area contributed by atoms with Gasteiger partial charge in [-0.2, -0.15) is 0 Å². The zero-order valence-corrected chi connectivity index (χ0v) is 16.5. The number of hydrogen-bond donors (Lipinski definition) is 0. The zero-order chi connectivity index (χ0) is 19.9. The summed E-state index contributed by atoms with van der Waals surface area (Å²) in [6, 6.07) is 13.0. The topological polar surface area (TPSA) is 74.8 Å². The molecule has 0 radical (unpaired) electrons. The molecule has 1 atom stereocenters. The number of fused-ring (bicyclic) bond motifs is 1. The van der Waals surface area contributed by atoms with E-state index >= 15 is 0 Å². The number of amides is 2. The van der Waals surface area contributed by atoms with Crippen LogP contribution >= 0.6 is 0 Å². The van der Waals surface area contributed by atoms with Crippen molar-refractivity contribution in [1.82, 2.24) is 4.31 Å². The molecule has 2 aromatic carbocycles. The van der Waals surface area contributed by atoms with E-state index in [9.17, 15) is 18.0 Å². The van der Waals surface area contributed by atoms with Crippen LogP contribution in [0.3, 0.4) is 0 Å². The van der Waals surface area contributed by atoms with Crippen LogP contribution in [0.1, 0.15) is 30.4 Å². The lowest BCUT2D eigenvalue weighted by molar-refractivity contribution is -0.129. The van der Waals surface area contributed by atoms with Crippen molar-refractivity contribution in [3.63, 3.8) is 0 Å². The predicted octanol–water partition coefficient (Wildman–Crippen LogP) is 2.65. The lowest BCUT2D eigenvalue weighted by Crippen LogP contribution is -2.50. The summed E-state index contributed by atoms with van der Waals surface area (Å²) in [6.45, 7) is 2.39. The van der Waals surface area contributed by atoms with Gasteiger partial charge in [0.25, 0.3) is 15.9 Å². The Hall–Kier alpha value is -2.67. The highest BCUT2D eigenvalue weighted by Gasteiger charge is 2.46. The van der Waals surface area contributed by atoms with Crippen molar-refractivity contribution in [2.45, 2.75) is 43.5 Å². The summed E-state index contributed by atoms with van der Waals surface area (Å²) in [5, 5.41) is 0. The molecule has 4 rings (SSSR count). The van der Waals surface area contributed by atoms with Gasteiger partial charge in [-0.05, 0) is 49.9 Å². The number of carbonyl (C=O) groups is 2. The number of sulfonamides is 1. The van der Waals surface area contributed by atoms with Crippen LogP contribution in [0, 0.1) is 6.92 Å². The van der Waals surface area contributed by atoms with E-state index in [0.717, 1.165) is 34.0 Å². The second kappa shape index (κ2) is 7.05. The maximum Gasteiger partial charge on any atom is 0.267 e. The molecule has 0 spiro atoms. The highest BCUT2D eigenvalue weighted by molar-refractivity contribution is 7.89. The quantitative estimate of drug-likeness (QED) is 0.797. The molecule has 0 saturated carbocycles. The lowest BCUT2D eigenvalue weighted by atomic mass is 10.0. The standard InChI is InChI=1S/C21H22N2O4S/c1-15-8-10-17(11-9-15)28(26,27)23-19(12-13-20(23)24)21(25)22-14-4-6-16-5-2-3-7-18(16)22/h2-3,5,7-11,19H,4,6,12-14H2,1H3. The predicted molar refractivity (Wildman–Crippen MR) is 105 cm³/mol. The van der Waals surface area contributed by atoms with E-state index < -0.39 is 22.0 Å². The number of nitrogens with zero attached hydrogens (tertiary/aromatic N) is 2. The molecule has 1 saturated heterocycles. The summed E-state index contributed by atoms with van der Waals surface area (Å²) < 4.78 is 27.1. The first kappa shape index (κ1) is 18.7. The largest absolute Gasteiger partial charge is 0.310 e. The van der Waals surface area contributed by atoms with Gasteiger partial charge in [0.1, 0.15) is 6.04 Å². The first-order chi connectivity index (χ1) is 13.4. The van der Waals surface area contributed by atoms with Gasteiger partial charge in [0.15, 0.2) is 0 Å². The van der Waals surface area contributed by atoms with E-state index in [2.05, 4.69) is 0 Å². The minimum absolute atomic E-state index is 0.0326. The van der Waals surface area contributed by atoms with E-state index in [1.54, 1.807) is 17.0 Å². The van der Waals surface area contributed by atoms with Crippen molar-refractivity contribution in [2.75, 3.05) is 11.4 Å². The summed E-state index contributed by atoms with van der Waals surface area (Å²) in [4.78, 5) is 27.5. The van der Waals surface area contributed by atoms with Crippen LogP contribution in [-0.2, 0) is 26.0 Å². The van der Waals surface area contributed by atoms with E-state index in [1.807, 2.05) is 31.2 Å². The maximum absolute atomic E-state index is 13.3. The molecular formula is C21H22N2O4S. The molecule has 2 aliphatic heterocycles. The summed E-state index contributed by atoms with van der Waals surface area (Å²) in [5.74, 6) is -0.849. The molecule has 2 amide bonds. The maximum atomic E-state index is 13.3. The van der Waals surface area contributed by atoms with E-state index in [0.29, 0.717) is 6.54 Å². The Kier molecular flexibility index (Phi) is 4.71. The van der Waals surface area contributed by atoms with Gasteiger partial charge in [-0.25, -0.2) is 12.7 Å². The molecule has 0 aromatic heterocycles. The second-order valence-corrected chi connectivity index (χ2v) is 9.10. The second-order valence-electron chi connectivity index (χ2n) is 7.28. The van der Waals surface area contributed by atoms with Crippen LogP contribution in [0.2, 0.25) is 0 Å². The first-order valence-electron chi connectivity index (χ1n) is 9.43. The van der Waals surface area contributed by atoms with Crippen LogP contribution in [0.4, 0.5) is 5.69 Å². The number of benzene rings is 2. The van der Waals surface area contributed by atoms with Gasteiger partial charge in [0.05, 0.1) is 4.90 Å². The summed E-state index contributed by atoms with van der Waals surface area (Å²) in [5.41, 5.74) is 2.80. The van der Waals surface area contributed by atoms with E-state index in [-0.39, 0.29) is 23.6 Å². The summed E-state index contributed by atoms with van der Waals surface area (Å²) >= 11 is 0. The van der Waals surface area contributed by atoms with Crippen LogP contribution in [0.15, 0.2) is 53.4 Å². The fourth-order valence-electron chi connectivity index (χ4n) is 3.95. The molecule has 2 aliphatic rings. The SMILES string of the molecule is Cc1ccc(S(=O)(=O)N2C(=O)CCC2C(=O)N2CCCc3ccccc32)cc1. The van der Waals surface area contributed by atoms with Crippen molar-refractivity contribution in [1.29, 1.82) is 0 Å². The highest BCUT2D eigenvalue weighted by Crippen LogP contribution is 2.32. The molecule has 2 aromatic rings. The van der Waals surface area contributed by atoms with E-state index in [4.69, 9.17) is 0 Å². The number of para-hydroxylation sites is 1. The van der Waals surface area contributed by atoms with E-state index in [1.165, 1.54) is 12.1 Å². The molecule has 0 aliphatic carbocycles. The number of carbonyl (C=O) groups excluding carboxylic acids is 2. The number of hydrogen-bond acceptors (Lipinski definition) is 4. The Morgan fingerprint density at radius 1 is 1.04 bits per heavy atom. The van der Waals surface area contributed by atoms with Gasteiger partial charge in [-0.3, -0.25) is 9.59 Å². The fraction of sp³-hybridized carbons (Fsp3) is 0.333. The monoisotopic (exact) mass is 398 g/mol. The molecule has 0 N–H and O–H groups in total. The molecule has 1 unspecified atom stereocenters. The minimum Gasteiger partial charge on any atom is -0.310 e. The fourth-order valence-corrected chi connectivity index (χ4v) is 5.55. The van der Waals surface area contributed by atoms with Crippen molar-refractivity contribution in [2.24, 2.45) is 0 Å². The molecule has 28 heavy (non-hydrogen) atoms. The van der Waals surface area contributed by atoms with Crippen LogP contribution in [0.5, 0.6) is 0 Å². The molecule has 6 nitrogen and oxygen atoms in total. The minimum atomic E-state index is -4.08. The normalized spacial score (nSPS) is 19.6. The van der Waals surface area contributed by atoms with Gasteiger partial charge < -0.3 is 4.90 Å². The van der Waals surface area contributed by atoms with Crippen molar-refractivity contribution in [3.05, 3.63) is 59.7 Å². The lowest BCUT2D eigenvalue weighted by Gasteiger charge is -2.33. The summed E-state index contributed by atoms with van der Waals surface area (Å²) in [6.07, 6.45) is 1.96.